The van der Waals surface area contributed by atoms with Gasteiger partial charge in [-0.3, -0.25) is 14.6 Å². The molecule has 0 spiro atoms. The highest BCUT2D eigenvalue weighted by Gasteiger charge is 2.12. The minimum Gasteiger partial charge on any atom is -0.494 e. The fraction of sp³-hybridized carbons (Fsp3) is 0.143. The number of benzene rings is 1. The van der Waals surface area contributed by atoms with Gasteiger partial charge in [-0.15, -0.1) is 0 Å². The summed E-state index contributed by atoms with van der Waals surface area (Å²) in [5.41, 5.74) is 0.479. The Labute approximate surface area is 114 Å². The van der Waals surface area contributed by atoms with Crippen LogP contribution < -0.4 is 10.9 Å². The maximum atomic E-state index is 12.0. The third kappa shape index (κ3) is 3.04. The lowest BCUT2D eigenvalue weighted by atomic mass is 10.1. The summed E-state index contributed by atoms with van der Waals surface area (Å²) >= 11 is 0. The summed E-state index contributed by atoms with van der Waals surface area (Å²) in [5, 5.41) is 21.5. The molecule has 0 saturated heterocycles. The van der Waals surface area contributed by atoms with Crippen LogP contribution in [0, 0.1) is 0 Å². The number of rotatable bonds is 3. The highest BCUT2D eigenvalue weighted by Crippen LogP contribution is 2.22. The summed E-state index contributed by atoms with van der Waals surface area (Å²) in [6.07, 6.45) is -0.737. The maximum Gasteiger partial charge on any atom is 0.256 e. The third-order valence-electron chi connectivity index (χ3n) is 2.75. The first-order valence-electron chi connectivity index (χ1n) is 5.99. The Kier molecular flexibility index (Phi) is 3.86. The van der Waals surface area contributed by atoms with Gasteiger partial charge in [0, 0.05) is 23.4 Å². The van der Waals surface area contributed by atoms with Crippen molar-refractivity contribution in [2.75, 3.05) is 5.32 Å². The van der Waals surface area contributed by atoms with Crippen molar-refractivity contribution < 1.29 is 15.0 Å². The van der Waals surface area contributed by atoms with Crippen molar-refractivity contribution in [1.29, 1.82) is 0 Å². The Morgan fingerprint density at radius 2 is 2.00 bits per heavy atom. The van der Waals surface area contributed by atoms with Crippen molar-refractivity contribution in [3.63, 3.8) is 0 Å². The van der Waals surface area contributed by atoms with Crippen molar-refractivity contribution in [1.82, 2.24) is 4.98 Å². The van der Waals surface area contributed by atoms with Crippen LogP contribution in [-0.2, 0) is 0 Å². The summed E-state index contributed by atoms with van der Waals surface area (Å²) in [7, 11) is 0. The number of carbonyl (C=O) groups excluding carboxylic acids is 1. The summed E-state index contributed by atoms with van der Waals surface area (Å²) in [6, 6.07) is 9.04. The molecule has 4 N–H and O–H groups in total. The number of H-pyrrole nitrogens is 1. The van der Waals surface area contributed by atoms with E-state index in [1.165, 1.54) is 0 Å². The van der Waals surface area contributed by atoms with Crippen LogP contribution in [0.1, 0.15) is 28.9 Å². The predicted molar refractivity (Wildman–Crippen MR) is 73.8 cm³/mol. The van der Waals surface area contributed by atoms with Crippen LogP contribution >= 0.6 is 0 Å². The average Bonchev–Trinajstić information content (AvgIpc) is 2.37. The lowest BCUT2D eigenvalue weighted by Crippen LogP contribution is -2.17. The van der Waals surface area contributed by atoms with E-state index in [1.807, 2.05) is 0 Å². The van der Waals surface area contributed by atoms with E-state index >= 15 is 0 Å². The molecule has 6 nitrogen and oxygen atoms in total. The molecule has 1 aromatic heterocycles. The number of aromatic hydroxyl groups is 1. The van der Waals surface area contributed by atoms with E-state index in [2.05, 4.69) is 10.3 Å². The number of para-hydroxylation sites is 1. The van der Waals surface area contributed by atoms with Crippen LogP contribution in [0.3, 0.4) is 0 Å². The summed E-state index contributed by atoms with van der Waals surface area (Å²) in [6.45, 7) is 1.59. The molecule has 1 heterocycles. The molecule has 1 amide bonds. The van der Waals surface area contributed by atoms with Crippen LogP contribution in [0.25, 0.3) is 0 Å². The molecule has 2 aromatic rings. The number of hydrogen-bond donors (Lipinski definition) is 4. The number of aliphatic hydroxyl groups is 1. The summed E-state index contributed by atoms with van der Waals surface area (Å²) < 4.78 is 0. The number of aromatic nitrogens is 1. The monoisotopic (exact) mass is 274 g/mol. The highest BCUT2D eigenvalue weighted by atomic mass is 16.3. The van der Waals surface area contributed by atoms with Gasteiger partial charge in [-0.2, -0.15) is 0 Å². The van der Waals surface area contributed by atoms with Crippen LogP contribution in [0.2, 0.25) is 0 Å². The minimum atomic E-state index is -0.737. The Morgan fingerprint density at radius 3 is 2.65 bits per heavy atom. The number of hydrogen-bond acceptors (Lipinski definition) is 4. The van der Waals surface area contributed by atoms with Gasteiger partial charge in [0.05, 0.1) is 11.7 Å². The molecule has 20 heavy (non-hydrogen) atoms. The molecule has 1 unspecified atom stereocenters. The van der Waals surface area contributed by atoms with Crippen LogP contribution in [0.4, 0.5) is 5.69 Å². The summed E-state index contributed by atoms with van der Waals surface area (Å²) in [4.78, 5) is 25.4. The smallest absolute Gasteiger partial charge is 0.256 e. The molecule has 0 aliphatic rings. The number of amides is 1. The molecule has 0 aliphatic heterocycles. The van der Waals surface area contributed by atoms with Crippen LogP contribution in [0.15, 0.2) is 41.2 Å². The van der Waals surface area contributed by atoms with Crippen molar-refractivity contribution in [3.8, 4) is 5.88 Å². The van der Waals surface area contributed by atoms with Crippen LogP contribution in [0.5, 0.6) is 5.88 Å². The summed E-state index contributed by atoms with van der Waals surface area (Å²) in [5.74, 6) is -0.925. The molecule has 6 heteroatoms. The maximum absolute atomic E-state index is 12.0. The second kappa shape index (κ2) is 5.58. The molecular weight excluding hydrogens is 260 g/mol. The largest absolute Gasteiger partial charge is 0.494 e. The van der Waals surface area contributed by atoms with Crippen molar-refractivity contribution in [3.05, 3.63) is 57.9 Å². The van der Waals surface area contributed by atoms with Gasteiger partial charge in [0.15, 0.2) is 5.88 Å². The van der Waals surface area contributed by atoms with Gasteiger partial charge in [-0.25, -0.2) is 0 Å². The van der Waals surface area contributed by atoms with E-state index in [4.69, 9.17) is 0 Å². The molecule has 0 saturated carbocycles. The number of aromatic amines is 1. The van der Waals surface area contributed by atoms with E-state index in [0.717, 1.165) is 12.1 Å². The Balaban J connectivity index is 2.30. The number of nitrogens with one attached hydrogen (secondary N) is 2. The van der Waals surface area contributed by atoms with E-state index < -0.39 is 17.6 Å². The SMILES string of the molecule is CC(O)c1ccccc1NC(=O)c1cc(O)[nH]c(=O)c1. The fourth-order valence-electron chi connectivity index (χ4n) is 1.83. The van der Waals surface area contributed by atoms with Gasteiger partial charge in [0.25, 0.3) is 11.5 Å². The van der Waals surface area contributed by atoms with Crippen molar-refractivity contribution >= 4 is 11.6 Å². The number of pyridine rings is 1. The molecule has 1 aromatic carbocycles. The molecule has 2 rings (SSSR count). The second-order valence-electron chi connectivity index (χ2n) is 4.34. The Hall–Kier alpha value is -2.60. The van der Waals surface area contributed by atoms with Gasteiger partial charge in [-0.05, 0) is 13.0 Å². The van der Waals surface area contributed by atoms with Gasteiger partial charge in [-0.1, -0.05) is 18.2 Å². The van der Waals surface area contributed by atoms with Crippen molar-refractivity contribution in [2.45, 2.75) is 13.0 Å². The fourth-order valence-corrected chi connectivity index (χ4v) is 1.83. The van der Waals surface area contributed by atoms with Gasteiger partial charge >= 0.3 is 0 Å². The number of aliphatic hydroxyl groups excluding tert-OH is 1. The highest BCUT2D eigenvalue weighted by molar-refractivity contribution is 6.04. The van der Waals surface area contributed by atoms with E-state index in [-0.39, 0.29) is 11.4 Å². The first-order valence-corrected chi connectivity index (χ1v) is 5.99. The predicted octanol–water partition coefficient (Wildman–Crippen LogP) is 1.39. The molecule has 0 aliphatic carbocycles. The minimum absolute atomic E-state index is 0.0339. The normalized spacial score (nSPS) is 11.9. The molecule has 0 bridgehead atoms. The Morgan fingerprint density at radius 1 is 1.30 bits per heavy atom. The second-order valence-corrected chi connectivity index (χ2v) is 4.34. The topological polar surface area (TPSA) is 102 Å². The first-order chi connectivity index (χ1) is 9.47. The Bertz CT molecular complexity index is 692. The van der Waals surface area contributed by atoms with Gasteiger partial charge < -0.3 is 15.5 Å². The lowest BCUT2D eigenvalue weighted by molar-refractivity contribution is 0.102. The molecule has 1 atom stereocenters. The first kappa shape index (κ1) is 13.8. The standard InChI is InChI=1S/C14H14N2O4/c1-8(17)10-4-2-3-5-11(10)15-14(20)9-6-12(18)16-13(19)7-9/h2-8,17H,1H3,(H,15,20)(H2,16,18,19). The van der Waals surface area contributed by atoms with E-state index in [9.17, 15) is 19.8 Å². The zero-order valence-corrected chi connectivity index (χ0v) is 10.8. The van der Waals surface area contributed by atoms with Gasteiger partial charge in [0.2, 0.25) is 0 Å². The quantitative estimate of drug-likeness (QED) is 0.679. The van der Waals surface area contributed by atoms with Gasteiger partial charge in [0.1, 0.15) is 0 Å². The molecule has 0 radical (unpaired) electrons. The van der Waals surface area contributed by atoms with E-state index in [1.54, 1.807) is 31.2 Å². The van der Waals surface area contributed by atoms with E-state index in [0.29, 0.717) is 11.3 Å². The third-order valence-corrected chi connectivity index (χ3v) is 2.75. The molecular formula is C14H14N2O4. The number of anilines is 1. The molecule has 0 fully saturated rings. The molecule has 104 valence electrons. The number of carbonyl (C=O) groups is 1. The van der Waals surface area contributed by atoms with Crippen molar-refractivity contribution in [2.24, 2.45) is 0 Å². The van der Waals surface area contributed by atoms with Crippen LogP contribution in [-0.4, -0.2) is 21.1 Å². The lowest BCUT2D eigenvalue weighted by Gasteiger charge is -2.12. The zero-order valence-electron chi connectivity index (χ0n) is 10.8. The zero-order chi connectivity index (χ0) is 14.7. The average molecular weight is 274 g/mol.